The highest BCUT2D eigenvalue weighted by Crippen LogP contribution is 2.21. The Morgan fingerprint density at radius 3 is 2.67 bits per heavy atom. The average molecular weight is 288 g/mol. The second-order valence-electron chi connectivity index (χ2n) is 6.50. The molecular weight excluding hydrogens is 260 g/mol. The molecule has 0 atom stereocenters. The van der Waals surface area contributed by atoms with E-state index < -0.39 is 0 Å². The van der Waals surface area contributed by atoms with Crippen LogP contribution in [0.2, 0.25) is 0 Å². The maximum atomic E-state index is 5.85. The molecule has 1 aromatic heterocycles. The van der Waals surface area contributed by atoms with Gasteiger partial charge in [-0.1, -0.05) is 25.1 Å². The molecule has 0 unspecified atom stereocenters. The molecule has 0 radical (unpaired) electrons. The van der Waals surface area contributed by atoms with E-state index in [-0.39, 0.29) is 5.60 Å². The van der Waals surface area contributed by atoms with Crippen LogP contribution < -0.4 is 5.32 Å². The normalized spacial score (nSPS) is 12.2. The first-order valence-corrected chi connectivity index (χ1v) is 7.92. The van der Waals surface area contributed by atoms with Crippen molar-refractivity contribution < 1.29 is 4.74 Å². The lowest BCUT2D eigenvalue weighted by Gasteiger charge is -2.19. The highest BCUT2D eigenvalue weighted by molar-refractivity contribution is 5.83. The van der Waals surface area contributed by atoms with Gasteiger partial charge in [0.05, 0.1) is 12.2 Å². The zero-order chi connectivity index (χ0) is 15.3. The number of fused-ring (bicyclic) bond motifs is 1. The Morgan fingerprint density at radius 2 is 1.95 bits per heavy atom. The van der Waals surface area contributed by atoms with Crippen LogP contribution in [0, 0.1) is 0 Å². The van der Waals surface area contributed by atoms with Crippen molar-refractivity contribution in [2.75, 3.05) is 13.2 Å². The Bertz CT molecular complexity index is 566. The molecule has 0 aliphatic rings. The molecule has 0 fully saturated rings. The summed E-state index contributed by atoms with van der Waals surface area (Å²) in [5.41, 5.74) is 2.59. The average Bonchev–Trinajstić information content (AvgIpc) is 2.77. The molecule has 3 heteroatoms. The molecule has 0 saturated carbocycles. The smallest absolute Gasteiger partial charge is 0.0652 e. The molecule has 0 aliphatic heterocycles. The molecule has 3 nitrogen and oxygen atoms in total. The Hall–Kier alpha value is -1.32. The van der Waals surface area contributed by atoms with Gasteiger partial charge in [0.25, 0.3) is 0 Å². The van der Waals surface area contributed by atoms with Crippen molar-refractivity contribution in [2.45, 2.75) is 52.8 Å². The van der Waals surface area contributed by atoms with Crippen molar-refractivity contribution in [3.63, 3.8) is 0 Å². The van der Waals surface area contributed by atoms with Crippen LogP contribution in [0.1, 0.15) is 39.7 Å². The molecule has 1 N–H and O–H groups in total. The van der Waals surface area contributed by atoms with E-state index in [0.717, 1.165) is 32.7 Å². The molecular formula is C18H28N2O. The van der Waals surface area contributed by atoms with E-state index in [1.54, 1.807) is 0 Å². The van der Waals surface area contributed by atoms with Crippen LogP contribution in [-0.4, -0.2) is 23.3 Å². The summed E-state index contributed by atoms with van der Waals surface area (Å²) in [4.78, 5) is 0. The van der Waals surface area contributed by atoms with E-state index in [2.05, 4.69) is 68.0 Å². The van der Waals surface area contributed by atoms with Crippen molar-refractivity contribution in [2.24, 2.45) is 0 Å². The molecule has 0 amide bonds. The second kappa shape index (κ2) is 7.10. The number of nitrogens with zero attached hydrogens (tertiary/aromatic N) is 1. The molecule has 21 heavy (non-hydrogen) atoms. The summed E-state index contributed by atoms with van der Waals surface area (Å²) in [6.07, 6.45) is 3.43. The third kappa shape index (κ3) is 4.58. The van der Waals surface area contributed by atoms with Gasteiger partial charge in [-0.05, 0) is 45.4 Å². The van der Waals surface area contributed by atoms with E-state index in [1.807, 2.05) is 0 Å². The van der Waals surface area contributed by atoms with Crippen molar-refractivity contribution in [3.05, 3.63) is 36.0 Å². The minimum atomic E-state index is -0.0749. The van der Waals surface area contributed by atoms with Gasteiger partial charge in [-0.3, -0.25) is 0 Å². The summed E-state index contributed by atoms with van der Waals surface area (Å²) in [6, 6.07) is 8.61. The largest absolute Gasteiger partial charge is 0.374 e. The Labute approximate surface area is 128 Å². The SMILES string of the molecule is CCCNCc1cn(CCOC(C)(C)C)c2ccccc12. The van der Waals surface area contributed by atoms with Crippen LogP contribution in [0.4, 0.5) is 0 Å². The van der Waals surface area contributed by atoms with Gasteiger partial charge >= 0.3 is 0 Å². The van der Waals surface area contributed by atoms with Gasteiger partial charge < -0.3 is 14.6 Å². The summed E-state index contributed by atoms with van der Waals surface area (Å²) in [5, 5.41) is 4.84. The summed E-state index contributed by atoms with van der Waals surface area (Å²) in [7, 11) is 0. The third-order valence-electron chi connectivity index (χ3n) is 3.48. The van der Waals surface area contributed by atoms with E-state index in [1.165, 1.54) is 16.5 Å². The standard InChI is InChI=1S/C18H28N2O/c1-5-10-19-13-15-14-20(11-12-21-18(2,3)4)17-9-7-6-8-16(15)17/h6-9,14,19H,5,10-13H2,1-4H3. The molecule has 1 heterocycles. The van der Waals surface area contributed by atoms with Gasteiger partial charge in [0.1, 0.15) is 0 Å². The van der Waals surface area contributed by atoms with Crippen molar-refractivity contribution in [1.82, 2.24) is 9.88 Å². The fraction of sp³-hybridized carbons (Fsp3) is 0.556. The lowest BCUT2D eigenvalue weighted by Crippen LogP contribution is -2.21. The van der Waals surface area contributed by atoms with Crippen LogP contribution in [0.25, 0.3) is 10.9 Å². The van der Waals surface area contributed by atoms with Gasteiger partial charge in [0.2, 0.25) is 0 Å². The Kier molecular flexibility index (Phi) is 5.43. The number of ether oxygens (including phenoxy) is 1. The third-order valence-corrected chi connectivity index (χ3v) is 3.48. The summed E-state index contributed by atoms with van der Waals surface area (Å²) in [6.45, 7) is 12.1. The highest BCUT2D eigenvalue weighted by atomic mass is 16.5. The number of hydrogen-bond donors (Lipinski definition) is 1. The number of benzene rings is 1. The summed E-state index contributed by atoms with van der Waals surface area (Å²) in [5.74, 6) is 0. The molecule has 1 aromatic carbocycles. The van der Waals surface area contributed by atoms with Gasteiger partial charge in [-0.15, -0.1) is 0 Å². The fourth-order valence-corrected chi connectivity index (χ4v) is 2.50. The molecule has 2 rings (SSSR count). The predicted molar refractivity (Wildman–Crippen MR) is 89.6 cm³/mol. The first-order valence-electron chi connectivity index (χ1n) is 7.92. The monoisotopic (exact) mass is 288 g/mol. The minimum absolute atomic E-state index is 0.0749. The molecule has 2 aromatic rings. The first-order chi connectivity index (χ1) is 10.0. The van der Waals surface area contributed by atoms with Gasteiger partial charge in [0.15, 0.2) is 0 Å². The Morgan fingerprint density at radius 1 is 1.19 bits per heavy atom. The highest BCUT2D eigenvalue weighted by Gasteiger charge is 2.11. The number of rotatable bonds is 7. The predicted octanol–water partition coefficient (Wildman–Crippen LogP) is 3.96. The number of aromatic nitrogens is 1. The topological polar surface area (TPSA) is 26.2 Å². The molecule has 0 aliphatic carbocycles. The van der Waals surface area contributed by atoms with Crippen LogP contribution in [-0.2, 0) is 17.8 Å². The van der Waals surface area contributed by atoms with Gasteiger partial charge in [-0.25, -0.2) is 0 Å². The zero-order valence-electron chi connectivity index (χ0n) is 13.8. The van der Waals surface area contributed by atoms with Crippen LogP contribution in [0.5, 0.6) is 0 Å². The van der Waals surface area contributed by atoms with Crippen LogP contribution in [0.3, 0.4) is 0 Å². The maximum Gasteiger partial charge on any atom is 0.0652 e. The van der Waals surface area contributed by atoms with Crippen molar-refractivity contribution >= 4 is 10.9 Å². The van der Waals surface area contributed by atoms with Crippen LogP contribution >= 0.6 is 0 Å². The lowest BCUT2D eigenvalue weighted by molar-refractivity contribution is -0.00645. The lowest BCUT2D eigenvalue weighted by atomic mass is 10.2. The van der Waals surface area contributed by atoms with Crippen molar-refractivity contribution in [3.8, 4) is 0 Å². The summed E-state index contributed by atoms with van der Waals surface area (Å²) < 4.78 is 8.16. The molecule has 0 spiro atoms. The minimum Gasteiger partial charge on any atom is -0.374 e. The van der Waals surface area contributed by atoms with Crippen LogP contribution in [0.15, 0.2) is 30.5 Å². The van der Waals surface area contributed by atoms with Gasteiger partial charge in [0, 0.05) is 30.2 Å². The van der Waals surface area contributed by atoms with E-state index in [9.17, 15) is 0 Å². The van der Waals surface area contributed by atoms with Gasteiger partial charge in [-0.2, -0.15) is 0 Å². The zero-order valence-corrected chi connectivity index (χ0v) is 13.8. The number of nitrogens with one attached hydrogen (secondary N) is 1. The number of hydrogen-bond acceptors (Lipinski definition) is 2. The molecule has 0 saturated heterocycles. The molecule has 0 bridgehead atoms. The summed E-state index contributed by atoms with van der Waals surface area (Å²) >= 11 is 0. The first kappa shape index (κ1) is 16.1. The molecule has 116 valence electrons. The maximum absolute atomic E-state index is 5.85. The van der Waals surface area contributed by atoms with E-state index in [4.69, 9.17) is 4.74 Å². The quantitative estimate of drug-likeness (QED) is 0.781. The second-order valence-corrected chi connectivity index (χ2v) is 6.50. The number of para-hydroxylation sites is 1. The fourth-order valence-electron chi connectivity index (χ4n) is 2.50. The van der Waals surface area contributed by atoms with E-state index in [0.29, 0.717) is 0 Å². The van der Waals surface area contributed by atoms with Crippen molar-refractivity contribution in [1.29, 1.82) is 0 Å². The van der Waals surface area contributed by atoms with E-state index >= 15 is 0 Å². The Balaban J connectivity index is 2.11.